The molecule has 0 spiro atoms. The molecule has 1 amide bonds. The lowest BCUT2D eigenvalue weighted by Gasteiger charge is -2.34. The number of aromatic nitrogens is 1. The van der Waals surface area contributed by atoms with E-state index in [-0.39, 0.29) is 30.0 Å². The van der Waals surface area contributed by atoms with Crippen LogP contribution in [0, 0.1) is 5.92 Å². The third kappa shape index (κ3) is 5.84. The molecule has 0 radical (unpaired) electrons. The number of hydrogen-bond donors (Lipinski definition) is 1. The first-order valence-corrected chi connectivity index (χ1v) is 15.3. The van der Waals surface area contributed by atoms with Crippen molar-refractivity contribution in [2.45, 2.75) is 77.0 Å². The lowest BCUT2D eigenvalue weighted by Crippen LogP contribution is -2.39. The Hall–Kier alpha value is -2.49. The maximum Gasteiger partial charge on any atom is 0.230 e. The van der Waals surface area contributed by atoms with E-state index in [2.05, 4.69) is 36.3 Å². The Morgan fingerprint density at radius 1 is 1.08 bits per heavy atom. The average Bonchev–Trinajstić information content (AvgIpc) is 3.04. The SMILES string of the molecule is CC(C)O[C@H]1CC[C@H](C(=O)N2Cc3cccnc3Nc3ccc(C4CCN(S(C)(=O)=O)CC4)cc32)CC1. The van der Waals surface area contributed by atoms with Crippen LogP contribution in [-0.4, -0.2) is 55.2 Å². The maximum atomic E-state index is 14.0. The number of rotatable bonds is 5. The summed E-state index contributed by atoms with van der Waals surface area (Å²) in [5.74, 6) is 1.17. The Bertz CT molecular complexity index is 1230. The summed E-state index contributed by atoms with van der Waals surface area (Å²) in [5, 5.41) is 3.46. The minimum absolute atomic E-state index is 0.0280. The lowest BCUT2D eigenvalue weighted by atomic mass is 9.85. The molecule has 2 aliphatic heterocycles. The molecule has 3 aliphatic rings. The van der Waals surface area contributed by atoms with Crippen molar-refractivity contribution < 1.29 is 17.9 Å². The monoisotopic (exact) mass is 526 g/mol. The first-order chi connectivity index (χ1) is 17.7. The molecule has 2 fully saturated rings. The maximum absolute atomic E-state index is 14.0. The molecule has 5 rings (SSSR count). The zero-order chi connectivity index (χ0) is 26.2. The molecule has 37 heavy (non-hydrogen) atoms. The number of carbonyl (C=O) groups excluding carboxylic acids is 1. The van der Waals surface area contributed by atoms with Crippen LogP contribution >= 0.6 is 0 Å². The summed E-state index contributed by atoms with van der Waals surface area (Å²) in [4.78, 5) is 20.5. The van der Waals surface area contributed by atoms with Gasteiger partial charge in [0.15, 0.2) is 0 Å². The topological polar surface area (TPSA) is 91.8 Å². The summed E-state index contributed by atoms with van der Waals surface area (Å²) in [6.07, 6.45) is 8.50. The van der Waals surface area contributed by atoms with Crippen LogP contribution in [0.5, 0.6) is 0 Å². The standard InChI is InChI=1S/C28H38N4O4S/c1-19(2)36-24-9-6-21(7-10-24)28(33)32-18-23-5-4-14-29-27(23)30-25-11-8-22(17-26(25)32)20-12-15-31(16-13-20)37(3,34)35/h4-5,8,11,14,17,19-21,24H,6-7,9-10,12-13,15-16,18H2,1-3H3,(H,29,30)/t21-,24-. The number of anilines is 3. The van der Waals surface area contributed by atoms with Gasteiger partial charge in [-0.05, 0) is 82.1 Å². The number of piperidine rings is 1. The fourth-order valence-electron chi connectivity index (χ4n) is 5.96. The highest BCUT2D eigenvalue weighted by Gasteiger charge is 2.34. The number of nitrogens with zero attached hydrogens (tertiary/aromatic N) is 3. The summed E-state index contributed by atoms with van der Waals surface area (Å²) in [5.41, 5.74) is 3.90. The van der Waals surface area contributed by atoms with Crippen LogP contribution in [0.1, 0.15) is 69.4 Å². The highest BCUT2D eigenvalue weighted by atomic mass is 32.2. The van der Waals surface area contributed by atoms with Gasteiger partial charge >= 0.3 is 0 Å². The van der Waals surface area contributed by atoms with Crippen molar-refractivity contribution in [1.82, 2.24) is 9.29 Å². The predicted molar refractivity (Wildman–Crippen MR) is 146 cm³/mol. The van der Waals surface area contributed by atoms with Gasteiger partial charge in [-0.3, -0.25) is 4.79 Å². The molecule has 3 heterocycles. The summed E-state index contributed by atoms with van der Waals surface area (Å²) >= 11 is 0. The van der Waals surface area contributed by atoms with Crippen LogP contribution in [-0.2, 0) is 26.1 Å². The quantitative estimate of drug-likeness (QED) is 0.602. The Morgan fingerprint density at radius 3 is 2.49 bits per heavy atom. The zero-order valence-corrected chi connectivity index (χ0v) is 22.8. The molecular formula is C28H38N4O4S. The number of sulfonamides is 1. The van der Waals surface area contributed by atoms with Crippen LogP contribution < -0.4 is 10.2 Å². The van der Waals surface area contributed by atoms with Gasteiger partial charge in [0.1, 0.15) is 5.82 Å². The number of benzene rings is 1. The van der Waals surface area contributed by atoms with Crippen molar-refractivity contribution in [2.24, 2.45) is 5.92 Å². The van der Waals surface area contributed by atoms with Crippen molar-refractivity contribution in [2.75, 3.05) is 29.6 Å². The highest BCUT2D eigenvalue weighted by molar-refractivity contribution is 7.88. The lowest BCUT2D eigenvalue weighted by molar-refractivity contribution is -0.124. The third-order valence-electron chi connectivity index (χ3n) is 7.93. The summed E-state index contributed by atoms with van der Waals surface area (Å²) in [6.45, 7) is 5.65. The highest BCUT2D eigenvalue weighted by Crippen LogP contribution is 2.41. The number of carbonyl (C=O) groups is 1. The van der Waals surface area contributed by atoms with Crippen LogP contribution in [0.25, 0.3) is 0 Å². The van der Waals surface area contributed by atoms with E-state index in [1.165, 1.54) is 6.26 Å². The van der Waals surface area contributed by atoms with Gasteiger partial charge in [0.2, 0.25) is 15.9 Å². The van der Waals surface area contributed by atoms with Gasteiger partial charge in [0.25, 0.3) is 0 Å². The number of amides is 1. The first kappa shape index (κ1) is 26.1. The molecule has 1 saturated carbocycles. The summed E-state index contributed by atoms with van der Waals surface area (Å²) < 4.78 is 31.5. The molecule has 1 aliphatic carbocycles. The molecule has 1 N–H and O–H groups in total. The fourth-order valence-corrected chi connectivity index (χ4v) is 6.84. The van der Waals surface area contributed by atoms with Crippen molar-refractivity contribution in [3.63, 3.8) is 0 Å². The van der Waals surface area contributed by atoms with Gasteiger partial charge in [-0.25, -0.2) is 17.7 Å². The van der Waals surface area contributed by atoms with Crippen LogP contribution in [0.4, 0.5) is 17.2 Å². The normalized spacial score (nSPS) is 23.2. The molecular weight excluding hydrogens is 488 g/mol. The van der Waals surface area contributed by atoms with E-state index in [4.69, 9.17) is 4.74 Å². The first-order valence-electron chi connectivity index (χ1n) is 13.5. The molecule has 0 unspecified atom stereocenters. The van der Waals surface area contributed by atoms with E-state index >= 15 is 0 Å². The number of hydrogen-bond acceptors (Lipinski definition) is 6. The molecule has 9 heteroatoms. The second kappa shape index (κ2) is 10.7. The van der Waals surface area contributed by atoms with Crippen molar-refractivity contribution >= 4 is 33.1 Å². The van der Waals surface area contributed by atoms with Crippen LogP contribution in [0.15, 0.2) is 36.5 Å². The minimum Gasteiger partial charge on any atom is -0.376 e. The molecule has 1 aromatic carbocycles. The molecule has 200 valence electrons. The van der Waals surface area contributed by atoms with E-state index < -0.39 is 10.0 Å². The van der Waals surface area contributed by atoms with Gasteiger partial charge in [-0.1, -0.05) is 12.1 Å². The van der Waals surface area contributed by atoms with E-state index in [1.807, 2.05) is 23.1 Å². The Balaban J connectivity index is 1.41. The van der Waals surface area contributed by atoms with Gasteiger partial charge in [-0.2, -0.15) is 0 Å². The van der Waals surface area contributed by atoms with E-state index in [1.54, 1.807) is 10.5 Å². The zero-order valence-electron chi connectivity index (χ0n) is 22.0. The van der Waals surface area contributed by atoms with Gasteiger partial charge in [0, 0.05) is 30.8 Å². The Morgan fingerprint density at radius 2 is 1.81 bits per heavy atom. The van der Waals surface area contributed by atoms with Crippen molar-refractivity contribution in [3.8, 4) is 0 Å². The number of ether oxygens (including phenoxy) is 1. The van der Waals surface area contributed by atoms with Gasteiger partial charge in [-0.15, -0.1) is 0 Å². The number of fused-ring (bicyclic) bond motifs is 2. The number of pyridine rings is 1. The number of nitrogens with one attached hydrogen (secondary N) is 1. The largest absolute Gasteiger partial charge is 0.376 e. The van der Waals surface area contributed by atoms with Gasteiger partial charge < -0.3 is 15.0 Å². The molecule has 0 bridgehead atoms. The minimum atomic E-state index is -3.17. The van der Waals surface area contributed by atoms with E-state index in [0.717, 1.165) is 66.8 Å². The smallest absolute Gasteiger partial charge is 0.230 e. The van der Waals surface area contributed by atoms with E-state index in [9.17, 15) is 13.2 Å². The third-order valence-corrected chi connectivity index (χ3v) is 9.24. The van der Waals surface area contributed by atoms with Crippen molar-refractivity contribution in [1.29, 1.82) is 0 Å². The molecule has 2 aromatic rings. The van der Waals surface area contributed by atoms with Crippen molar-refractivity contribution in [3.05, 3.63) is 47.7 Å². The Kier molecular flexibility index (Phi) is 7.56. The molecule has 0 atom stereocenters. The van der Waals surface area contributed by atoms with E-state index in [0.29, 0.717) is 19.6 Å². The molecule has 8 nitrogen and oxygen atoms in total. The average molecular weight is 527 g/mol. The predicted octanol–water partition coefficient (Wildman–Crippen LogP) is 4.79. The van der Waals surface area contributed by atoms with Gasteiger partial charge in [0.05, 0.1) is 36.4 Å². The second-order valence-corrected chi connectivity index (χ2v) is 12.9. The second-order valence-electron chi connectivity index (χ2n) is 10.9. The summed E-state index contributed by atoms with van der Waals surface area (Å²) in [7, 11) is -3.17. The molecule has 1 saturated heterocycles. The van der Waals surface area contributed by atoms with Crippen LogP contribution in [0.2, 0.25) is 0 Å². The summed E-state index contributed by atoms with van der Waals surface area (Å²) in [6, 6.07) is 10.2. The van der Waals surface area contributed by atoms with Crippen LogP contribution in [0.3, 0.4) is 0 Å². The molecule has 1 aromatic heterocycles. The fraction of sp³-hybridized carbons (Fsp3) is 0.571. The Labute approximate surface area is 220 Å².